The first-order valence-corrected chi connectivity index (χ1v) is 4.87. The fourth-order valence-electron chi connectivity index (χ4n) is 1.21. The van der Waals surface area contributed by atoms with E-state index in [2.05, 4.69) is 34.9 Å². The minimum absolute atomic E-state index is 0.759. The molecule has 0 bridgehead atoms. The zero-order valence-electron chi connectivity index (χ0n) is 8.75. The van der Waals surface area contributed by atoms with Crippen molar-refractivity contribution in [2.45, 2.75) is 33.4 Å². The topological polar surface area (TPSA) is 29.9 Å². The number of rotatable bonds is 5. The lowest BCUT2D eigenvalue weighted by Crippen LogP contribution is -2.05. The molecule has 1 aromatic heterocycles. The first kappa shape index (κ1) is 10.3. The van der Waals surface area contributed by atoms with E-state index < -0.39 is 0 Å². The van der Waals surface area contributed by atoms with Crippen molar-refractivity contribution in [1.29, 1.82) is 0 Å². The Morgan fingerprint density at radius 1 is 1.54 bits per heavy atom. The zero-order valence-corrected chi connectivity index (χ0v) is 8.75. The van der Waals surface area contributed by atoms with E-state index >= 15 is 0 Å². The van der Waals surface area contributed by atoms with E-state index in [1.165, 1.54) is 6.42 Å². The summed E-state index contributed by atoms with van der Waals surface area (Å²) in [6, 6.07) is 0. The molecule has 0 saturated carbocycles. The van der Waals surface area contributed by atoms with Crippen LogP contribution in [0.15, 0.2) is 12.5 Å². The first-order valence-electron chi connectivity index (χ1n) is 4.87. The summed E-state index contributed by atoms with van der Waals surface area (Å²) < 4.78 is 2.16. The van der Waals surface area contributed by atoms with E-state index in [1.807, 2.05) is 13.4 Å². The van der Waals surface area contributed by atoms with Gasteiger partial charge in [-0.1, -0.05) is 13.8 Å². The summed E-state index contributed by atoms with van der Waals surface area (Å²) in [5.41, 5.74) is 1.12. The highest BCUT2D eigenvalue weighted by Crippen LogP contribution is 2.03. The van der Waals surface area contributed by atoms with Gasteiger partial charge in [0.05, 0.1) is 12.0 Å². The molecule has 0 aliphatic carbocycles. The van der Waals surface area contributed by atoms with Crippen LogP contribution in [-0.2, 0) is 13.1 Å². The van der Waals surface area contributed by atoms with E-state index in [0.29, 0.717) is 0 Å². The third-order valence-electron chi connectivity index (χ3n) is 2.01. The van der Waals surface area contributed by atoms with Crippen LogP contribution in [0.1, 0.15) is 26.0 Å². The molecule has 0 aliphatic heterocycles. The van der Waals surface area contributed by atoms with Gasteiger partial charge in [-0.3, -0.25) is 0 Å². The summed E-state index contributed by atoms with van der Waals surface area (Å²) in [7, 11) is 1.94. The summed E-state index contributed by atoms with van der Waals surface area (Å²) >= 11 is 0. The third kappa shape index (κ3) is 3.59. The van der Waals surface area contributed by atoms with Crippen molar-refractivity contribution in [1.82, 2.24) is 14.9 Å². The Morgan fingerprint density at radius 2 is 2.31 bits per heavy atom. The molecule has 0 spiro atoms. The Morgan fingerprint density at radius 3 is 2.92 bits per heavy atom. The van der Waals surface area contributed by atoms with Crippen molar-refractivity contribution in [3.63, 3.8) is 0 Å². The van der Waals surface area contributed by atoms with Gasteiger partial charge in [0.15, 0.2) is 0 Å². The van der Waals surface area contributed by atoms with Gasteiger partial charge in [0.25, 0.3) is 0 Å². The van der Waals surface area contributed by atoms with E-state index in [0.717, 1.165) is 24.7 Å². The molecule has 74 valence electrons. The Bertz CT molecular complexity index is 240. The molecule has 0 aromatic carbocycles. The second kappa shape index (κ2) is 5.02. The van der Waals surface area contributed by atoms with Gasteiger partial charge < -0.3 is 9.88 Å². The summed E-state index contributed by atoms with van der Waals surface area (Å²) in [6.07, 6.45) is 5.24. The highest BCUT2D eigenvalue weighted by atomic mass is 15.0. The molecule has 0 fully saturated rings. The van der Waals surface area contributed by atoms with Crippen LogP contribution in [0.4, 0.5) is 0 Å². The number of nitrogens with zero attached hydrogens (tertiary/aromatic N) is 2. The van der Waals surface area contributed by atoms with Crippen LogP contribution in [0.25, 0.3) is 0 Å². The highest BCUT2D eigenvalue weighted by Gasteiger charge is 1.98. The Balaban J connectivity index is 2.39. The molecule has 0 amide bonds. The van der Waals surface area contributed by atoms with Crippen molar-refractivity contribution in [3.05, 3.63) is 18.2 Å². The average molecular weight is 181 g/mol. The SMILES string of the molecule is CNCc1cn(CCC(C)C)cn1. The highest BCUT2D eigenvalue weighted by molar-refractivity contribution is 4.95. The van der Waals surface area contributed by atoms with Gasteiger partial charge in [-0.2, -0.15) is 0 Å². The van der Waals surface area contributed by atoms with Crippen LogP contribution in [0.5, 0.6) is 0 Å². The molecule has 1 rings (SSSR count). The molecule has 0 atom stereocenters. The third-order valence-corrected chi connectivity index (χ3v) is 2.01. The van der Waals surface area contributed by atoms with E-state index in [9.17, 15) is 0 Å². The number of aromatic nitrogens is 2. The number of nitrogens with one attached hydrogen (secondary N) is 1. The van der Waals surface area contributed by atoms with Crippen LogP contribution < -0.4 is 5.32 Å². The monoisotopic (exact) mass is 181 g/mol. The molecule has 1 aromatic rings. The molecule has 0 radical (unpaired) electrons. The quantitative estimate of drug-likeness (QED) is 0.748. The number of hydrogen-bond acceptors (Lipinski definition) is 2. The molecule has 1 N–H and O–H groups in total. The van der Waals surface area contributed by atoms with Gasteiger partial charge in [-0.15, -0.1) is 0 Å². The fraction of sp³-hybridized carbons (Fsp3) is 0.700. The molecule has 1 heterocycles. The predicted octanol–water partition coefficient (Wildman–Crippen LogP) is 1.65. The second-order valence-corrected chi connectivity index (χ2v) is 3.82. The molecule has 0 aliphatic rings. The molecule has 0 unspecified atom stereocenters. The Hall–Kier alpha value is -0.830. The van der Waals surface area contributed by atoms with E-state index in [1.54, 1.807) is 0 Å². The van der Waals surface area contributed by atoms with Gasteiger partial charge >= 0.3 is 0 Å². The summed E-state index contributed by atoms with van der Waals surface area (Å²) in [5, 5.41) is 3.09. The van der Waals surface area contributed by atoms with Gasteiger partial charge in [0.1, 0.15) is 0 Å². The maximum atomic E-state index is 4.28. The lowest BCUT2D eigenvalue weighted by molar-refractivity contribution is 0.516. The minimum atomic E-state index is 0.759. The molecule has 3 heteroatoms. The van der Waals surface area contributed by atoms with Crippen molar-refractivity contribution in [2.75, 3.05) is 7.05 Å². The normalized spacial score (nSPS) is 11.1. The van der Waals surface area contributed by atoms with Gasteiger partial charge in [0, 0.05) is 19.3 Å². The first-order chi connectivity index (χ1) is 6.22. The lowest BCUT2D eigenvalue weighted by Gasteiger charge is -2.04. The number of aryl methyl sites for hydroxylation is 1. The zero-order chi connectivity index (χ0) is 9.68. The lowest BCUT2D eigenvalue weighted by atomic mass is 10.1. The van der Waals surface area contributed by atoms with Crippen molar-refractivity contribution in [3.8, 4) is 0 Å². The molecular weight excluding hydrogens is 162 g/mol. The predicted molar refractivity (Wildman–Crippen MR) is 54.4 cm³/mol. The summed E-state index contributed by atoms with van der Waals surface area (Å²) in [4.78, 5) is 4.28. The Kier molecular flexibility index (Phi) is 3.96. The number of hydrogen-bond donors (Lipinski definition) is 1. The van der Waals surface area contributed by atoms with Gasteiger partial charge in [-0.05, 0) is 19.4 Å². The largest absolute Gasteiger partial charge is 0.337 e. The summed E-state index contributed by atoms with van der Waals surface area (Å²) in [6.45, 7) is 6.42. The fourth-order valence-corrected chi connectivity index (χ4v) is 1.21. The van der Waals surface area contributed by atoms with Crippen LogP contribution in [0.2, 0.25) is 0 Å². The van der Waals surface area contributed by atoms with Gasteiger partial charge in [-0.25, -0.2) is 4.98 Å². The van der Waals surface area contributed by atoms with Gasteiger partial charge in [0.2, 0.25) is 0 Å². The molecule has 0 saturated heterocycles. The van der Waals surface area contributed by atoms with Crippen molar-refractivity contribution in [2.24, 2.45) is 5.92 Å². The second-order valence-electron chi connectivity index (χ2n) is 3.82. The average Bonchev–Trinajstić information content (AvgIpc) is 2.50. The molecule has 13 heavy (non-hydrogen) atoms. The van der Waals surface area contributed by atoms with Crippen LogP contribution >= 0.6 is 0 Å². The van der Waals surface area contributed by atoms with Crippen molar-refractivity contribution < 1.29 is 0 Å². The smallest absolute Gasteiger partial charge is 0.0949 e. The van der Waals surface area contributed by atoms with Crippen LogP contribution in [0.3, 0.4) is 0 Å². The maximum absolute atomic E-state index is 4.28. The van der Waals surface area contributed by atoms with Crippen molar-refractivity contribution >= 4 is 0 Å². The molecule has 3 nitrogen and oxygen atoms in total. The minimum Gasteiger partial charge on any atom is -0.337 e. The van der Waals surface area contributed by atoms with Crippen LogP contribution in [-0.4, -0.2) is 16.6 Å². The van der Waals surface area contributed by atoms with Crippen LogP contribution in [0, 0.1) is 5.92 Å². The summed E-state index contributed by atoms with van der Waals surface area (Å²) in [5.74, 6) is 0.759. The molecular formula is C10H19N3. The van der Waals surface area contributed by atoms with E-state index in [-0.39, 0.29) is 0 Å². The Labute approximate surface area is 80.2 Å². The number of imidazole rings is 1. The van der Waals surface area contributed by atoms with E-state index in [4.69, 9.17) is 0 Å². The standard InChI is InChI=1S/C10H19N3/c1-9(2)4-5-13-7-10(6-11-3)12-8-13/h7-9,11H,4-6H2,1-3H3. The maximum Gasteiger partial charge on any atom is 0.0949 e.